The smallest absolute Gasteiger partial charge is 0.297 e. The molecule has 0 N–H and O–H groups in total. The molecule has 2 aromatic heterocycles. The highest BCUT2D eigenvalue weighted by atomic mass is 35.5. The minimum Gasteiger partial charge on any atom is -0.297 e. The Bertz CT molecular complexity index is 1220. The van der Waals surface area contributed by atoms with Crippen LogP contribution in [0.4, 0.5) is 5.95 Å². The number of aromatic nitrogens is 4. The van der Waals surface area contributed by atoms with Gasteiger partial charge >= 0.3 is 5.69 Å². The maximum Gasteiger partial charge on any atom is 0.332 e. The van der Waals surface area contributed by atoms with E-state index in [0.29, 0.717) is 48.2 Å². The summed E-state index contributed by atoms with van der Waals surface area (Å²) in [5.41, 5.74) is 1.91. The molecule has 0 aliphatic carbocycles. The molecular formula is C20H23ClN6O2. The Hall–Kier alpha value is -2.87. The van der Waals surface area contributed by atoms with Crippen molar-refractivity contribution in [2.24, 2.45) is 12.1 Å². The van der Waals surface area contributed by atoms with Crippen LogP contribution in [0.15, 0.2) is 39.0 Å². The second-order valence-corrected chi connectivity index (χ2v) is 7.58. The molecule has 0 saturated carbocycles. The fourth-order valence-corrected chi connectivity index (χ4v) is 3.78. The van der Waals surface area contributed by atoms with Crippen molar-refractivity contribution in [2.45, 2.75) is 39.8 Å². The van der Waals surface area contributed by atoms with Crippen LogP contribution in [-0.4, -0.2) is 30.9 Å². The number of hydrogen-bond acceptors (Lipinski definition) is 5. The minimum absolute atomic E-state index is 0.308. The van der Waals surface area contributed by atoms with Crippen molar-refractivity contribution in [3.63, 3.8) is 0 Å². The number of nitrogens with zero attached hydrogens (tertiary/aromatic N) is 6. The Morgan fingerprint density at radius 1 is 1.07 bits per heavy atom. The van der Waals surface area contributed by atoms with E-state index in [9.17, 15) is 9.59 Å². The zero-order valence-corrected chi connectivity index (χ0v) is 17.5. The van der Waals surface area contributed by atoms with Crippen molar-refractivity contribution in [2.75, 3.05) is 11.6 Å². The summed E-state index contributed by atoms with van der Waals surface area (Å²) < 4.78 is 4.61. The molecule has 0 fully saturated rings. The number of imidazole rings is 1. The molecule has 0 bridgehead atoms. The van der Waals surface area contributed by atoms with E-state index < -0.39 is 0 Å². The zero-order chi connectivity index (χ0) is 20.7. The van der Waals surface area contributed by atoms with Gasteiger partial charge in [0.05, 0.1) is 12.3 Å². The highest BCUT2D eigenvalue weighted by Crippen LogP contribution is 2.26. The maximum absolute atomic E-state index is 13.2. The van der Waals surface area contributed by atoms with Crippen LogP contribution in [-0.2, 0) is 20.1 Å². The highest BCUT2D eigenvalue weighted by Gasteiger charge is 2.27. The molecule has 0 atom stereocenters. The van der Waals surface area contributed by atoms with Gasteiger partial charge in [-0.1, -0.05) is 37.6 Å². The van der Waals surface area contributed by atoms with Crippen LogP contribution >= 0.6 is 11.6 Å². The van der Waals surface area contributed by atoms with Crippen molar-refractivity contribution in [3.8, 4) is 0 Å². The van der Waals surface area contributed by atoms with E-state index in [0.717, 1.165) is 17.7 Å². The Morgan fingerprint density at radius 2 is 1.76 bits per heavy atom. The van der Waals surface area contributed by atoms with E-state index in [1.165, 1.54) is 9.13 Å². The number of halogens is 1. The fourth-order valence-electron chi connectivity index (χ4n) is 3.65. The van der Waals surface area contributed by atoms with Crippen molar-refractivity contribution in [1.29, 1.82) is 0 Å². The van der Waals surface area contributed by atoms with Gasteiger partial charge < -0.3 is 0 Å². The number of aryl methyl sites for hydroxylation is 1. The molecule has 3 heterocycles. The Morgan fingerprint density at radius 3 is 2.41 bits per heavy atom. The number of hydrogen-bond donors (Lipinski definition) is 0. The average molecular weight is 415 g/mol. The first-order valence-electron chi connectivity index (χ1n) is 9.77. The first-order chi connectivity index (χ1) is 14.0. The van der Waals surface area contributed by atoms with Crippen LogP contribution in [0.3, 0.4) is 0 Å². The van der Waals surface area contributed by atoms with Crippen LogP contribution in [0.25, 0.3) is 11.2 Å². The van der Waals surface area contributed by atoms with Gasteiger partial charge in [-0.05, 0) is 30.5 Å². The van der Waals surface area contributed by atoms with E-state index in [1.54, 1.807) is 7.05 Å². The molecule has 1 aromatic carbocycles. The number of rotatable bonds is 5. The van der Waals surface area contributed by atoms with Crippen LogP contribution in [0.5, 0.6) is 0 Å². The van der Waals surface area contributed by atoms with Gasteiger partial charge in [0.2, 0.25) is 5.95 Å². The summed E-state index contributed by atoms with van der Waals surface area (Å²) in [7, 11) is 1.65. The monoisotopic (exact) mass is 414 g/mol. The quantitative estimate of drug-likeness (QED) is 0.643. The predicted molar refractivity (Wildman–Crippen MR) is 115 cm³/mol. The molecule has 0 unspecified atom stereocenters. The number of hydrazone groups is 1. The first kappa shape index (κ1) is 19.4. The van der Waals surface area contributed by atoms with Crippen LogP contribution < -0.4 is 16.3 Å². The molecule has 0 saturated heterocycles. The lowest BCUT2D eigenvalue weighted by Gasteiger charge is -2.25. The SMILES string of the molecule is CCCN1N=C(c2ccc(Cl)cc2)Cn2c1nc1c2c(=O)n(CCC)c(=O)n1C. The third kappa shape index (κ3) is 3.17. The van der Waals surface area contributed by atoms with E-state index >= 15 is 0 Å². The molecule has 152 valence electrons. The number of benzene rings is 1. The molecule has 1 aliphatic heterocycles. The lowest BCUT2D eigenvalue weighted by Crippen LogP contribution is -2.40. The summed E-state index contributed by atoms with van der Waals surface area (Å²) in [6.07, 6.45) is 1.56. The van der Waals surface area contributed by atoms with Gasteiger partial charge in [0.15, 0.2) is 11.2 Å². The lowest BCUT2D eigenvalue weighted by molar-refractivity contribution is 0.590. The molecule has 3 aromatic rings. The average Bonchev–Trinajstić information content (AvgIpc) is 3.10. The zero-order valence-electron chi connectivity index (χ0n) is 16.7. The summed E-state index contributed by atoms with van der Waals surface area (Å²) in [5.74, 6) is 0.584. The van der Waals surface area contributed by atoms with E-state index in [1.807, 2.05) is 40.8 Å². The molecular weight excluding hydrogens is 392 g/mol. The summed E-state index contributed by atoms with van der Waals surface area (Å²) in [6, 6.07) is 7.48. The second-order valence-electron chi connectivity index (χ2n) is 7.15. The molecule has 0 amide bonds. The summed E-state index contributed by atoms with van der Waals surface area (Å²) in [6.45, 7) is 5.42. The Balaban J connectivity index is 1.95. The van der Waals surface area contributed by atoms with E-state index in [2.05, 4.69) is 11.9 Å². The summed E-state index contributed by atoms with van der Waals surface area (Å²) in [5, 5.41) is 7.24. The Labute approximate surface area is 172 Å². The van der Waals surface area contributed by atoms with Gasteiger partial charge in [-0.2, -0.15) is 10.1 Å². The van der Waals surface area contributed by atoms with E-state index in [-0.39, 0.29) is 11.2 Å². The fraction of sp³-hybridized carbons (Fsp3) is 0.400. The third-order valence-corrected chi connectivity index (χ3v) is 5.30. The van der Waals surface area contributed by atoms with Gasteiger partial charge in [0, 0.05) is 25.2 Å². The molecule has 29 heavy (non-hydrogen) atoms. The molecule has 0 spiro atoms. The van der Waals surface area contributed by atoms with Crippen LogP contribution in [0.1, 0.15) is 32.3 Å². The summed E-state index contributed by atoms with van der Waals surface area (Å²) in [4.78, 5) is 30.5. The Kier molecular flexibility index (Phi) is 5.04. The van der Waals surface area contributed by atoms with Gasteiger partial charge in [-0.3, -0.25) is 18.5 Å². The van der Waals surface area contributed by atoms with Gasteiger partial charge in [0.25, 0.3) is 5.56 Å². The van der Waals surface area contributed by atoms with Crippen molar-refractivity contribution < 1.29 is 0 Å². The van der Waals surface area contributed by atoms with Gasteiger partial charge in [-0.25, -0.2) is 9.80 Å². The molecule has 4 rings (SSSR count). The van der Waals surface area contributed by atoms with E-state index in [4.69, 9.17) is 16.7 Å². The number of fused-ring (bicyclic) bond motifs is 3. The van der Waals surface area contributed by atoms with Gasteiger partial charge in [0.1, 0.15) is 0 Å². The largest absolute Gasteiger partial charge is 0.332 e. The molecule has 8 nitrogen and oxygen atoms in total. The minimum atomic E-state index is -0.347. The van der Waals surface area contributed by atoms with Crippen LogP contribution in [0, 0.1) is 0 Å². The highest BCUT2D eigenvalue weighted by molar-refractivity contribution is 6.30. The standard InChI is InChI=1S/C20H23ClN6O2/c1-4-10-25-18(28)16-17(24(3)20(25)29)22-19-26(16)12-15(23-27(19)11-5-2)13-6-8-14(21)9-7-13/h6-9H,4-5,10-12H2,1-3H3. The summed E-state index contributed by atoms with van der Waals surface area (Å²) >= 11 is 6.03. The van der Waals surface area contributed by atoms with Crippen molar-refractivity contribution in [1.82, 2.24) is 18.7 Å². The van der Waals surface area contributed by atoms with Crippen molar-refractivity contribution in [3.05, 3.63) is 55.7 Å². The van der Waals surface area contributed by atoms with Crippen LogP contribution in [0.2, 0.25) is 5.02 Å². The maximum atomic E-state index is 13.2. The lowest BCUT2D eigenvalue weighted by atomic mass is 10.1. The topological polar surface area (TPSA) is 77.4 Å². The second kappa shape index (κ2) is 7.51. The van der Waals surface area contributed by atoms with Crippen molar-refractivity contribution >= 4 is 34.4 Å². The third-order valence-electron chi connectivity index (χ3n) is 5.05. The predicted octanol–water partition coefficient (Wildman–Crippen LogP) is 2.59. The molecule has 0 radical (unpaired) electrons. The normalized spacial score (nSPS) is 13.7. The number of anilines is 1. The first-order valence-corrected chi connectivity index (χ1v) is 10.1. The van der Waals surface area contributed by atoms with Gasteiger partial charge in [-0.15, -0.1) is 0 Å². The molecule has 1 aliphatic rings. The molecule has 9 heteroatoms.